The Morgan fingerprint density at radius 2 is 1.73 bits per heavy atom. The van der Waals surface area contributed by atoms with Gasteiger partial charge >= 0.3 is 0 Å². The summed E-state index contributed by atoms with van der Waals surface area (Å²) in [6.45, 7) is 3.98. The lowest BCUT2D eigenvalue weighted by Crippen LogP contribution is -2.30. The minimum Gasteiger partial charge on any atom is -0.384 e. The Morgan fingerprint density at radius 1 is 1.00 bits per heavy atom. The smallest absolute Gasteiger partial charge is 0.146 e. The van der Waals surface area contributed by atoms with Crippen LogP contribution in [0.1, 0.15) is 30.4 Å². The van der Waals surface area contributed by atoms with Gasteiger partial charge in [-0.25, -0.2) is 4.39 Å². The van der Waals surface area contributed by atoms with Gasteiger partial charge in [-0.2, -0.15) is 0 Å². The summed E-state index contributed by atoms with van der Waals surface area (Å²) in [7, 11) is 0. The average molecular weight is 377 g/mol. The summed E-state index contributed by atoms with van der Waals surface area (Å²) in [4.78, 5) is 4.33. The van der Waals surface area contributed by atoms with E-state index in [0.29, 0.717) is 19.5 Å². The van der Waals surface area contributed by atoms with Crippen molar-refractivity contribution in [1.82, 2.24) is 4.90 Å². The molecule has 26 heavy (non-hydrogen) atoms. The fourth-order valence-corrected chi connectivity index (χ4v) is 4.11. The first-order chi connectivity index (χ1) is 12.1. The van der Waals surface area contributed by atoms with Crippen LogP contribution in [0.2, 0.25) is 0 Å². The fraction of sp³-hybridized carbons (Fsp3) is 0.429. The zero-order chi connectivity index (χ0) is 17.3. The molecule has 0 aliphatic carbocycles. The van der Waals surface area contributed by atoms with Crippen molar-refractivity contribution < 1.29 is 9.50 Å². The molecule has 2 heterocycles. The lowest BCUT2D eigenvalue weighted by atomic mass is 9.93. The van der Waals surface area contributed by atoms with E-state index >= 15 is 0 Å². The zero-order valence-electron chi connectivity index (χ0n) is 14.9. The molecule has 2 aliphatic heterocycles. The third kappa shape index (κ3) is 3.88. The minimum atomic E-state index is -0.796. The van der Waals surface area contributed by atoms with Crippen LogP contribution < -0.4 is 4.90 Å². The largest absolute Gasteiger partial charge is 0.384 e. The third-order valence-corrected chi connectivity index (χ3v) is 5.50. The van der Waals surface area contributed by atoms with Gasteiger partial charge in [0, 0.05) is 32.7 Å². The molecule has 0 spiro atoms. The predicted octanol–water partition coefficient (Wildman–Crippen LogP) is 3.94. The molecule has 2 aliphatic rings. The summed E-state index contributed by atoms with van der Waals surface area (Å²) in [5.74, 6) is -0.128. The van der Waals surface area contributed by atoms with Crippen LogP contribution in [0.4, 0.5) is 10.1 Å². The molecule has 2 aromatic rings. The molecule has 0 amide bonds. The number of rotatable bonds is 4. The molecule has 2 saturated heterocycles. The number of benzene rings is 2. The van der Waals surface area contributed by atoms with Gasteiger partial charge in [-0.15, -0.1) is 12.4 Å². The lowest BCUT2D eigenvalue weighted by molar-refractivity contribution is 0.0453. The average Bonchev–Trinajstić information content (AvgIpc) is 3.27. The molecule has 0 bridgehead atoms. The van der Waals surface area contributed by atoms with Crippen molar-refractivity contribution in [2.75, 3.05) is 31.1 Å². The maximum atomic E-state index is 14.5. The maximum absolute atomic E-state index is 14.5. The number of β-amino-alcohol motifs (C(OH)–C–C–N with tert-alkyl or cyclic N) is 1. The second-order valence-electron chi connectivity index (χ2n) is 7.34. The normalized spacial score (nSPS) is 23.2. The molecule has 1 unspecified atom stereocenters. The number of halogens is 2. The van der Waals surface area contributed by atoms with Crippen molar-refractivity contribution in [3.05, 3.63) is 65.5 Å². The molecular formula is C21H26ClFN2O. The van der Waals surface area contributed by atoms with E-state index in [1.807, 2.05) is 42.5 Å². The fourth-order valence-electron chi connectivity index (χ4n) is 4.11. The number of aliphatic hydroxyl groups is 1. The summed E-state index contributed by atoms with van der Waals surface area (Å²) in [6, 6.07) is 15.4. The van der Waals surface area contributed by atoms with Crippen molar-refractivity contribution >= 4 is 18.1 Å². The Bertz CT molecular complexity index is 736. The molecule has 5 heteroatoms. The van der Waals surface area contributed by atoms with Crippen LogP contribution in [0.3, 0.4) is 0 Å². The Labute approximate surface area is 160 Å². The molecule has 1 atom stereocenters. The van der Waals surface area contributed by atoms with Gasteiger partial charge in [0.15, 0.2) is 0 Å². The van der Waals surface area contributed by atoms with Crippen molar-refractivity contribution in [3.63, 3.8) is 0 Å². The Kier molecular flexibility index (Phi) is 5.86. The molecule has 0 radical (unpaired) electrons. The van der Waals surface area contributed by atoms with Crippen LogP contribution in [0.5, 0.6) is 0 Å². The Balaban J connectivity index is 0.00000196. The number of anilines is 1. The maximum Gasteiger partial charge on any atom is 0.146 e. The van der Waals surface area contributed by atoms with Gasteiger partial charge in [0.1, 0.15) is 11.4 Å². The molecule has 140 valence electrons. The van der Waals surface area contributed by atoms with Crippen LogP contribution in [0.15, 0.2) is 48.5 Å². The first-order valence-corrected chi connectivity index (χ1v) is 9.18. The SMILES string of the molecule is Cl.OC1(c2ccccc2)CCN(Cc2ccc(N3CCCC3)c(F)c2)C1. The van der Waals surface area contributed by atoms with Crippen LogP contribution in [-0.4, -0.2) is 36.2 Å². The number of likely N-dealkylation sites (tertiary alicyclic amines) is 1. The first-order valence-electron chi connectivity index (χ1n) is 9.18. The molecule has 0 aromatic heterocycles. The summed E-state index contributed by atoms with van der Waals surface area (Å²) in [6.07, 6.45) is 3.01. The van der Waals surface area contributed by atoms with Gasteiger partial charge in [-0.3, -0.25) is 4.90 Å². The van der Waals surface area contributed by atoms with Crippen molar-refractivity contribution in [1.29, 1.82) is 0 Å². The number of hydrogen-bond donors (Lipinski definition) is 1. The lowest BCUT2D eigenvalue weighted by Gasteiger charge is -2.24. The standard InChI is InChI=1S/C21H25FN2O.ClH/c22-19-14-17(8-9-20(19)24-11-4-5-12-24)15-23-13-10-21(25,16-23)18-6-2-1-3-7-18;/h1-3,6-9,14,25H,4-5,10-13,15-16H2;1H. The first kappa shape index (κ1) is 19.2. The van der Waals surface area contributed by atoms with E-state index in [1.54, 1.807) is 6.07 Å². The van der Waals surface area contributed by atoms with Crippen LogP contribution in [0, 0.1) is 5.82 Å². The predicted molar refractivity (Wildman–Crippen MR) is 105 cm³/mol. The monoisotopic (exact) mass is 376 g/mol. The third-order valence-electron chi connectivity index (χ3n) is 5.50. The molecule has 4 rings (SSSR count). The molecule has 2 aromatic carbocycles. The number of hydrogen-bond acceptors (Lipinski definition) is 3. The van der Waals surface area contributed by atoms with Crippen molar-refractivity contribution in [3.8, 4) is 0 Å². The molecule has 1 N–H and O–H groups in total. The highest BCUT2D eigenvalue weighted by atomic mass is 35.5. The van der Waals surface area contributed by atoms with E-state index in [9.17, 15) is 9.50 Å². The van der Waals surface area contributed by atoms with E-state index in [1.165, 1.54) is 0 Å². The quantitative estimate of drug-likeness (QED) is 0.875. The second kappa shape index (κ2) is 7.95. The minimum absolute atomic E-state index is 0. The second-order valence-corrected chi connectivity index (χ2v) is 7.34. The highest BCUT2D eigenvalue weighted by molar-refractivity contribution is 5.85. The Morgan fingerprint density at radius 3 is 2.42 bits per heavy atom. The molecule has 2 fully saturated rings. The highest BCUT2D eigenvalue weighted by Gasteiger charge is 2.37. The molecule has 0 saturated carbocycles. The van der Waals surface area contributed by atoms with Crippen LogP contribution in [0.25, 0.3) is 0 Å². The molecular weight excluding hydrogens is 351 g/mol. The topological polar surface area (TPSA) is 26.7 Å². The van der Waals surface area contributed by atoms with Gasteiger partial charge in [-0.1, -0.05) is 36.4 Å². The van der Waals surface area contributed by atoms with Crippen LogP contribution >= 0.6 is 12.4 Å². The van der Waals surface area contributed by atoms with E-state index in [4.69, 9.17) is 0 Å². The summed E-state index contributed by atoms with van der Waals surface area (Å²) >= 11 is 0. The summed E-state index contributed by atoms with van der Waals surface area (Å²) < 4.78 is 14.5. The summed E-state index contributed by atoms with van der Waals surface area (Å²) in [5.41, 5.74) is 1.87. The van der Waals surface area contributed by atoms with E-state index in [2.05, 4.69) is 9.80 Å². The highest BCUT2D eigenvalue weighted by Crippen LogP contribution is 2.33. The van der Waals surface area contributed by atoms with Crippen molar-refractivity contribution in [2.24, 2.45) is 0 Å². The van der Waals surface area contributed by atoms with Gasteiger partial charge < -0.3 is 10.0 Å². The van der Waals surface area contributed by atoms with Gasteiger partial charge in [0.2, 0.25) is 0 Å². The van der Waals surface area contributed by atoms with Gasteiger partial charge in [0.25, 0.3) is 0 Å². The van der Waals surface area contributed by atoms with Crippen LogP contribution in [-0.2, 0) is 12.1 Å². The zero-order valence-corrected chi connectivity index (χ0v) is 15.7. The van der Waals surface area contributed by atoms with E-state index < -0.39 is 5.60 Å². The van der Waals surface area contributed by atoms with Crippen molar-refractivity contribution in [2.45, 2.75) is 31.4 Å². The van der Waals surface area contributed by atoms with Gasteiger partial charge in [-0.05, 0) is 42.5 Å². The van der Waals surface area contributed by atoms with E-state index in [0.717, 1.165) is 49.3 Å². The Hall–Kier alpha value is -1.62. The number of nitrogens with zero attached hydrogens (tertiary/aromatic N) is 2. The van der Waals surface area contributed by atoms with Gasteiger partial charge in [0.05, 0.1) is 5.69 Å². The summed E-state index contributed by atoms with van der Waals surface area (Å²) in [5, 5.41) is 10.9. The molecule has 3 nitrogen and oxygen atoms in total. The van der Waals surface area contributed by atoms with E-state index in [-0.39, 0.29) is 18.2 Å².